The van der Waals surface area contributed by atoms with Crippen LogP contribution in [0.15, 0.2) is 41.8 Å². The number of allylic oxidation sites excluding steroid dienone is 1. The van der Waals surface area contributed by atoms with E-state index < -0.39 is 0 Å². The zero-order valence-electron chi connectivity index (χ0n) is 26.7. The Bertz CT molecular complexity index is 1230. The maximum Gasteiger partial charge on any atom is 0.147 e. The van der Waals surface area contributed by atoms with Crippen molar-refractivity contribution in [1.29, 1.82) is 0 Å². The summed E-state index contributed by atoms with van der Waals surface area (Å²) in [6.07, 6.45) is 21.6. The zero-order chi connectivity index (χ0) is 29.7. The van der Waals surface area contributed by atoms with Gasteiger partial charge in [0.05, 0.1) is 25.2 Å². The van der Waals surface area contributed by atoms with Gasteiger partial charge in [-0.2, -0.15) is 0 Å². The quantitative estimate of drug-likeness (QED) is 0.278. The van der Waals surface area contributed by atoms with Crippen LogP contribution < -0.4 is 15.4 Å². The highest BCUT2D eigenvalue weighted by molar-refractivity contribution is 6.08. The Kier molecular flexibility index (Phi) is 9.59. The van der Waals surface area contributed by atoms with E-state index in [1.807, 2.05) is 18.6 Å². The number of hydrogen-bond donors (Lipinski definition) is 1. The number of benzene rings is 1. The molecule has 1 heterocycles. The Balaban J connectivity index is 1.37. The zero-order valence-corrected chi connectivity index (χ0v) is 26.7. The molecule has 0 radical (unpaired) electrons. The van der Waals surface area contributed by atoms with E-state index in [4.69, 9.17) is 15.5 Å². The van der Waals surface area contributed by atoms with Crippen molar-refractivity contribution in [2.75, 3.05) is 25.1 Å². The molecule has 0 saturated heterocycles. The summed E-state index contributed by atoms with van der Waals surface area (Å²) in [6.45, 7) is 10.8. The number of ether oxygens (including phenoxy) is 1. The van der Waals surface area contributed by atoms with Gasteiger partial charge in [0.25, 0.3) is 0 Å². The lowest BCUT2D eigenvalue weighted by Crippen LogP contribution is -2.50. The Labute approximate surface area is 254 Å². The number of methoxy groups -OCH3 is 1. The average Bonchev–Trinajstić information content (AvgIpc) is 3.02. The van der Waals surface area contributed by atoms with Crippen LogP contribution in [0, 0.1) is 24.2 Å². The SMILES string of the molecule is CCC1CCC(CN(CC23CCC(c4ccc(OC)c(C)c4)(CC2)CC3)c2cncc(/C(C=NC(C)C)=C/N)n2)CC1. The van der Waals surface area contributed by atoms with Gasteiger partial charge in [0, 0.05) is 37.1 Å². The van der Waals surface area contributed by atoms with E-state index in [1.54, 1.807) is 13.3 Å². The van der Waals surface area contributed by atoms with Crippen LogP contribution in [0.1, 0.15) is 108 Å². The van der Waals surface area contributed by atoms with Gasteiger partial charge in [-0.1, -0.05) is 38.3 Å². The fourth-order valence-corrected chi connectivity index (χ4v) is 7.99. The van der Waals surface area contributed by atoms with E-state index in [0.29, 0.717) is 10.8 Å². The lowest BCUT2D eigenvalue weighted by Gasteiger charge is -2.55. The largest absolute Gasteiger partial charge is 0.496 e. The molecule has 0 amide bonds. The maximum atomic E-state index is 6.03. The van der Waals surface area contributed by atoms with Crippen molar-refractivity contribution in [3.63, 3.8) is 0 Å². The first kappa shape index (κ1) is 30.6. The van der Waals surface area contributed by atoms with Crippen LogP contribution in [0.2, 0.25) is 0 Å². The molecule has 42 heavy (non-hydrogen) atoms. The molecule has 4 fully saturated rings. The van der Waals surface area contributed by atoms with E-state index in [9.17, 15) is 0 Å². The minimum absolute atomic E-state index is 0.205. The first-order valence-corrected chi connectivity index (χ1v) is 16.5. The third kappa shape index (κ3) is 6.68. The molecule has 0 spiro atoms. The minimum Gasteiger partial charge on any atom is -0.496 e. The van der Waals surface area contributed by atoms with E-state index in [2.05, 4.69) is 60.8 Å². The molecule has 6 heteroatoms. The van der Waals surface area contributed by atoms with Crippen LogP contribution in [-0.4, -0.2) is 42.4 Å². The Morgan fingerprint density at radius 3 is 2.36 bits per heavy atom. The monoisotopic (exact) mass is 571 g/mol. The summed E-state index contributed by atoms with van der Waals surface area (Å²) < 4.78 is 5.56. The van der Waals surface area contributed by atoms with Gasteiger partial charge in [0.1, 0.15) is 11.6 Å². The molecule has 0 unspecified atom stereocenters. The topological polar surface area (TPSA) is 76.6 Å². The molecule has 2 N–H and O–H groups in total. The van der Waals surface area contributed by atoms with Crippen LogP contribution in [0.5, 0.6) is 5.75 Å². The Morgan fingerprint density at radius 1 is 1.07 bits per heavy atom. The number of hydrogen-bond acceptors (Lipinski definition) is 6. The molecular weight excluding hydrogens is 518 g/mol. The molecule has 4 saturated carbocycles. The number of nitrogens with two attached hydrogens (primary N) is 1. The summed E-state index contributed by atoms with van der Waals surface area (Å²) in [7, 11) is 1.77. The molecule has 2 aromatic rings. The maximum absolute atomic E-state index is 6.03. The van der Waals surface area contributed by atoms with Crippen LogP contribution in [-0.2, 0) is 5.41 Å². The van der Waals surface area contributed by atoms with Gasteiger partial charge in [-0.15, -0.1) is 0 Å². The van der Waals surface area contributed by atoms with Gasteiger partial charge in [0.15, 0.2) is 0 Å². The third-order valence-corrected chi connectivity index (χ3v) is 10.9. The number of aliphatic imine (C=N–C) groups is 1. The lowest BCUT2D eigenvalue weighted by atomic mass is 9.51. The molecule has 4 aliphatic rings. The average molecular weight is 572 g/mol. The van der Waals surface area contributed by atoms with Crippen molar-refractivity contribution < 1.29 is 4.74 Å². The first-order chi connectivity index (χ1) is 20.3. The molecule has 0 atom stereocenters. The van der Waals surface area contributed by atoms with Crippen molar-refractivity contribution >= 4 is 17.6 Å². The molecule has 1 aromatic heterocycles. The highest BCUT2D eigenvalue weighted by Gasteiger charge is 2.50. The minimum atomic E-state index is 0.205. The summed E-state index contributed by atoms with van der Waals surface area (Å²) >= 11 is 0. The number of fused-ring (bicyclic) bond motifs is 3. The second kappa shape index (κ2) is 13.2. The Morgan fingerprint density at radius 2 is 1.76 bits per heavy atom. The van der Waals surface area contributed by atoms with Crippen molar-refractivity contribution in [1.82, 2.24) is 9.97 Å². The molecule has 2 bridgehead atoms. The summed E-state index contributed by atoms with van der Waals surface area (Å²) in [5.41, 5.74) is 11.1. The Hall–Kier alpha value is -2.89. The molecule has 6 rings (SSSR count). The highest BCUT2D eigenvalue weighted by Crippen LogP contribution is 2.58. The van der Waals surface area contributed by atoms with E-state index in [-0.39, 0.29) is 6.04 Å². The van der Waals surface area contributed by atoms with E-state index in [0.717, 1.165) is 47.8 Å². The second-order valence-corrected chi connectivity index (χ2v) is 13.9. The van der Waals surface area contributed by atoms with E-state index in [1.165, 1.54) is 81.8 Å². The number of aryl methyl sites for hydroxylation is 1. The molecule has 0 aliphatic heterocycles. The summed E-state index contributed by atoms with van der Waals surface area (Å²) in [5, 5.41) is 0. The molecule has 4 aliphatic carbocycles. The summed E-state index contributed by atoms with van der Waals surface area (Å²) in [6, 6.07) is 7.10. The smallest absolute Gasteiger partial charge is 0.147 e. The van der Waals surface area contributed by atoms with Crippen LogP contribution in [0.4, 0.5) is 5.82 Å². The fraction of sp³-hybridized carbons (Fsp3) is 0.639. The molecule has 228 valence electrons. The van der Waals surface area contributed by atoms with Gasteiger partial charge in [-0.25, -0.2) is 4.98 Å². The highest BCUT2D eigenvalue weighted by atomic mass is 16.5. The van der Waals surface area contributed by atoms with Crippen LogP contribution in [0.25, 0.3) is 5.57 Å². The van der Waals surface area contributed by atoms with Gasteiger partial charge >= 0.3 is 0 Å². The normalized spacial score (nSPS) is 28.0. The lowest BCUT2D eigenvalue weighted by molar-refractivity contribution is 0.0443. The fourth-order valence-electron chi connectivity index (χ4n) is 7.99. The number of rotatable bonds is 11. The molecule has 1 aromatic carbocycles. The summed E-state index contributed by atoms with van der Waals surface area (Å²) in [5.74, 6) is 3.60. The van der Waals surface area contributed by atoms with E-state index >= 15 is 0 Å². The van der Waals surface area contributed by atoms with Crippen molar-refractivity contribution in [2.45, 2.75) is 110 Å². The molecular formula is C36H53N5O. The predicted octanol–water partition coefficient (Wildman–Crippen LogP) is 7.89. The summed E-state index contributed by atoms with van der Waals surface area (Å²) in [4.78, 5) is 17.0. The van der Waals surface area contributed by atoms with Gasteiger partial charge < -0.3 is 15.4 Å². The van der Waals surface area contributed by atoms with Crippen LogP contribution in [0.3, 0.4) is 0 Å². The standard InChI is InChI=1S/C36H53N5O/c1-6-28-7-9-29(10-8-28)24-41(34-23-38-22-32(40-34)30(20-37)21-39-26(2)3)25-35-13-16-36(17-14-35,18-15-35)31-11-12-33(42-5)27(4)19-31/h11-12,19-23,26,28-29H,6-10,13-18,24-25,37H2,1-5H3/b30-20+,39-21?. The van der Waals surface area contributed by atoms with Gasteiger partial charge in [0.2, 0.25) is 0 Å². The van der Waals surface area contributed by atoms with Gasteiger partial charge in [-0.05, 0) is 112 Å². The van der Waals surface area contributed by atoms with Crippen LogP contribution >= 0.6 is 0 Å². The van der Waals surface area contributed by atoms with Crippen molar-refractivity contribution in [3.8, 4) is 5.75 Å². The number of nitrogens with zero attached hydrogens (tertiary/aromatic N) is 4. The van der Waals surface area contributed by atoms with Crippen molar-refractivity contribution in [2.24, 2.45) is 28.0 Å². The number of aromatic nitrogens is 2. The second-order valence-electron chi connectivity index (χ2n) is 13.9. The van der Waals surface area contributed by atoms with Crippen molar-refractivity contribution in [3.05, 3.63) is 53.6 Å². The van der Waals surface area contributed by atoms with Gasteiger partial charge in [-0.3, -0.25) is 9.98 Å². The predicted molar refractivity (Wildman–Crippen MR) is 175 cm³/mol. The molecule has 6 nitrogen and oxygen atoms in total. The number of anilines is 1. The third-order valence-electron chi connectivity index (χ3n) is 10.9. The first-order valence-electron chi connectivity index (χ1n) is 16.5.